The maximum absolute atomic E-state index is 6.05. The summed E-state index contributed by atoms with van der Waals surface area (Å²) < 4.78 is 1.28. The maximum Gasteiger partial charge on any atom is 0.0591 e. The second-order valence-corrected chi connectivity index (χ2v) is 5.86. The maximum atomic E-state index is 6.05. The normalized spacial score (nSPS) is 12.3. The molecule has 0 fully saturated rings. The molecule has 0 saturated heterocycles. The summed E-state index contributed by atoms with van der Waals surface area (Å²) in [4.78, 5) is 0. The second kappa shape index (κ2) is 3.25. The number of benzene rings is 1. The van der Waals surface area contributed by atoms with Crippen molar-refractivity contribution in [3.63, 3.8) is 0 Å². The van der Waals surface area contributed by atoms with E-state index in [1.54, 1.807) is 11.3 Å². The van der Waals surface area contributed by atoms with Crippen molar-refractivity contribution in [3.8, 4) is 0 Å². The van der Waals surface area contributed by atoms with Crippen molar-refractivity contribution in [2.24, 2.45) is 0 Å². The van der Waals surface area contributed by atoms with E-state index in [4.69, 9.17) is 11.6 Å². The first kappa shape index (κ1) is 10.0. The molecule has 0 aliphatic heterocycles. The summed E-state index contributed by atoms with van der Waals surface area (Å²) in [7, 11) is 0. The Kier molecular flexibility index (Phi) is 2.32. The van der Waals surface area contributed by atoms with Crippen LogP contribution >= 0.6 is 22.9 Å². The molecular formula is C12H13ClS. The van der Waals surface area contributed by atoms with Gasteiger partial charge in [0.05, 0.1) is 5.02 Å². The Balaban J connectivity index is 2.63. The molecule has 1 heterocycles. The largest absolute Gasteiger partial charge is 0.142 e. The lowest BCUT2D eigenvalue weighted by Crippen LogP contribution is -2.10. The van der Waals surface area contributed by atoms with Crippen LogP contribution in [0.15, 0.2) is 23.6 Å². The minimum Gasteiger partial charge on any atom is -0.142 e. The molecule has 14 heavy (non-hydrogen) atoms. The number of halogens is 1. The van der Waals surface area contributed by atoms with E-state index >= 15 is 0 Å². The molecule has 0 atom stereocenters. The van der Waals surface area contributed by atoms with Gasteiger partial charge in [-0.1, -0.05) is 44.5 Å². The van der Waals surface area contributed by atoms with E-state index in [1.165, 1.54) is 15.6 Å². The van der Waals surface area contributed by atoms with E-state index in [-0.39, 0.29) is 5.41 Å². The molecule has 0 aliphatic carbocycles. The van der Waals surface area contributed by atoms with Gasteiger partial charge in [0.25, 0.3) is 0 Å². The smallest absolute Gasteiger partial charge is 0.0591 e. The van der Waals surface area contributed by atoms with Gasteiger partial charge < -0.3 is 0 Å². The molecule has 1 aromatic carbocycles. The minimum atomic E-state index is 0.213. The molecule has 2 aromatic rings. The van der Waals surface area contributed by atoms with Crippen molar-refractivity contribution < 1.29 is 0 Å². The molecule has 1 aromatic heterocycles. The van der Waals surface area contributed by atoms with Crippen LogP contribution in [0, 0.1) is 0 Å². The van der Waals surface area contributed by atoms with Crippen molar-refractivity contribution in [3.05, 3.63) is 34.2 Å². The fraction of sp³-hybridized carbons (Fsp3) is 0.333. The Hall–Kier alpha value is -0.530. The van der Waals surface area contributed by atoms with E-state index in [9.17, 15) is 0 Å². The third-order valence-electron chi connectivity index (χ3n) is 2.39. The summed E-state index contributed by atoms with van der Waals surface area (Å²) in [5.74, 6) is 0. The van der Waals surface area contributed by atoms with Crippen LogP contribution in [0.25, 0.3) is 10.1 Å². The van der Waals surface area contributed by atoms with E-state index in [0.29, 0.717) is 0 Å². The van der Waals surface area contributed by atoms with E-state index in [0.717, 1.165) is 5.02 Å². The summed E-state index contributed by atoms with van der Waals surface area (Å²) in [6.45, 7) is 6.68. The summed E-state index contributed by atoms with van der Waals surface area (Å²) >= 11 is 7.76. The van der Waals surface area contributed by atoms with Crippen LogP contribution in [0.3, 0.4) is 0 Å². The standard InChI is InChI=1S/C12H13ClS/c1-12(2,3)8-4-5-9-10(13)7-14-11(9)6-8/h4-7H,1-3H3. The molecule has 0 bridgehead atoms. The number of hydrogen-bond donors (Lipinski definition) is 0. The fourth-order valence-electron chi connectivity index (χ4n) is 1.46. The van der Waals surface area contributed by atoms with Gasteiger partial charge in [0, 0.05) is 15.5 Å². The Morgan fingerprint density at radius 2 is 1.93 bits per heavy atom. The van der Waals surface area contributed by atoms with Crippen LogP contribution in [0.5, 0.6) is 0 Å². The highest BCUT2D eigenvalue weighted by Crippen LogP contribution is 2.33. The molecule has 0 nitrogen and oxygen atoms in total. The van der Waals surface area contributed by atoms with Gasteiger partial charge in [0.1, 0.15) is 0 Å². The fourth-order valence-corrected chi connectivity index (χ4v) is 2.67. The van der Waals surface area contributed by atoms with Crippen LogP contribution in [0.2, 0.25) is 5.02 Å². The van der Waals surface area contributed by atoms with Crippen LogP contribution in [-0.4, -0.2) is 0 Å². The highest BCUT2D eigenvalue weighted by Gasteiger charge is 2.14. The van der Waals surface area contributed by atoms with Gasteiger partial charge in [-0.3, -0.25) is 0 Å². The number of rotatable bonds is 0. The summed E-state index contributed by atoms with van der Waals surface area (Å²) in [5.41, 5.74) is 1.58. The number of thiophene rings is 1. The second-order valence-electron chi connectivity index (χ2n) is 4.54. The third-order valence-corrected chi connectivity index (χ3v) is 3.78. The summed E-state index contributed by atoms with van der Waals surface area (Å²) in [6, 6.07) is 6.53. The van der Waals surface area contributed by atoms with Crippen LogP contribution < -0.4 is 0 Å². The van der Waals surface area contributed by atoms with Crippen LogP contribution in [0.1, 0.15) is 26.3 Å². The Labute approximate surface area is 93.5 Å². The molecule has 0 radical (unpaired) electrons. The first-order valence-electron chi connectivity index (χ1n) is 4.66. The molecule has 0 unspecified atom stereocenters. The van der Waals surface area contributed by atoms with Crippen molar-refractivity contribution in [1.82, 2.24) is 0 Å². The zero-order chi connectivity index (χ0) is 10.3. The molecule has 0 N–H and O–H groups in total. The van der Waals surface area contributed by atoms with Gasteiger partial charge >= 0.3 is 0 Å². The van der Waals surface area contributed by atoms with Gasteiger partial charge in [-0.25, -0.2) is 0 Å². The van der Waals surface area contributed by atoms with Crippen LogP contribution in [-0.2, 0) is 5.41 Å². The highest BCUT2D eigenvalue weighted by molar-refractivity contribution is 7.17. The molecule has 0 amide bonds. The van der Waals surface area contributed by atoms with E-state index in [1.807, 2.05) is 5.38 Å². The van der Waals surface area contributed by atoms with Gasteiger partial charge in [-0.05, 0) is 17.0 Å². The molecule has 2 rings (SSSR count). The molecule has 74 valence electrons. The summed E-state index contributed by atoms with van der Waals surface area (Å²) in [6.07, 6.45) is 0. The predicted molar refractivity (Wildman–Crippen MR) is 65.5 cm³/mol. The topological polar surface area (TPSA) is 0 Å². The first-order chi connectivity index (χ1) is 6.48. The Bertz CT molecular complexity index is 463. The average Bonchev–Trinajstić information content (AvgIpc) is 2.46. The lowest BCUT2D eigenvalue weighted by Gasteiger charge is -2.18. The van der Waals surface area contributed by atoms with Gasteiger partial charge in [0.15, 0.2) is 0 Å². The number of hydrogen-bond acceptors (Lipinski definition) is 1. The molecule has 2 heteroatoms. The third kappa shape index (κ3) is 1.67. The van der Waals surface area contributed by atoms with E-state index in [2.05, 4.69) is 39.0 Å². The Morgan fingerprint density at radius 3 is 2.57 bits per heavy atom. The van der Waals surface area contributed by atoms with Crippen molar-refractivity contribution in [1.29, 1.82) is 0 Å². The lowest BCUT2D eigenvalue weighted by molar-refractivity contribution is 0.591. The minimum absolute atomic E-state index is 0.213. The predicted octanol–water partition coefficient (Wildman–Crippen LogP) is 4.85. The zero-order valence-electron chi connectivity index (χ0n) is 8.60. The Morgan fingerprint density at radius 1 is 1.21 bits per heavy atom. The van der Waals surface area contributed by atoms with Gasteiger partial charge in [-0.2, -0.15) is 0 Å². The van der Waals surface area contributed by atoms with Crippen molar-refractivity contribution in [2.75, 3.05) is 0 Å². The molecule has 0 spiro atoms. The quantitative estimate of drug-likeness (QED) is 0.600. The van der Waals surface area contributed by atoms with Crippen LogP contribution in [0.4, 0.5) is 0 Å². The average molecular weight is 225 g/mol. The first-order valence-corrected chi connectivity index (χ1v) is 5.91. The SMILES string of the molecule is CC(C)(C)c1ccc2c(Cl)csc2c1. The van der Waals surface area contributed by atoms with E-state index < -0.39 is 0 Å². The highest BCUT2D eigenvalue weighted by atomic mass is 35.5. The zero-order valence-corrected chi connectivity index (χ0v) is 10.2. The monoisotopic (exact) mass is 224 g/mol. The number of fused-ring (bicyclic) bond motifs is 1. The lowest BCUT2D eigenvalue weighted by atomic mass is 9.87. The molecule has 0 saturated carbocycles. The molecular weight excluding hydrogens is 212 g/mol. The van der Waals surface area contributed by atoms with Crippen molar-refractivity contribution in [2.45, 2.75) is 26.2 Å². The van der Waals surface area contributed by atoms with Gasteiger partial charge in [0.2, 0.25) is 0 Å². The van der Waals surface area contributed by atoms with Gasteiger partial charge in [-0.15, -0.1) is 11.3 Å². The van der Waals surface area contributed by atoms with Crippen molar-refractivity contribution >= 4 is 33.0 Å². The summed E-state index contributed by atoms with van der Waals surface area (Å²) in [5, 5.41) is 4.04. The molecule has 0 aliphatic rings.